The molecule has 0 unspecified atom stereocenters. The molecule has 0 aromatic heterocycles. The zero-order valence-electron chi connectivity index (χ0n) is 14.0. The first-order valence-corrected chi connectivity index (χ1v) is 9.35. The van der Waals surface area contributed by atoms with Crippen molar-refractivity contribution in [3.05, 3.63) is 62.9 Å². The number of hydrogen-bond acceptors (Lipinski definition) is 5. The Bertz CT molecular complexity index is 964. The van der Waals surface area contributed by atoms with Gasteiger partial charge in [-0.1, -0.05) is 37.6 Å². The quantitative estimate of drug-likeness (QED) is 0.568. The molecule has 10 heteroatoms. The van der Waals surface area contributed by atoms with Crippen LogP contribution in [-0.2, 0) is 15.4 Å². The molecule has 0 bridgehead atoms. The highest BCUT2D eigenvalue weighted by atomic mass is 35.5. The van der Waals surface area contributed by atoms with Gasteiger partial charge >= 0.3 is 0 Å². The number of nitro benzene ring substituents is 1. The Morgan fingerprint density at radius 1 is 1.31 bits per heavy atom. The van der Waals surface area contributed by atoms with Crippen LogP contribution in [0.15, 0.2) is 41.3 Å². The standard InChI is InChI=1S/C16H17ClFN3O4S/c1-16(2,11-4-3-5-12(17)15(11)18)9-20-13-7-6-10(21(22)23)8-14(13)26(19,24)25/h3-8,20H,9H2,1-2H3,(H2,19,24,25). The van der Waals surface area contributed by atoms with E-state index in [1.807, 2.05) is 0 Å². The average molecular weight is 402 g/mol. The van der Waals surface area contributed by atoms with Gasteiger partial charge in [0.1, 0.15) is 10.7 Å². The Morgan fingerprint density at radius 2 is 1.96 bits per heavy atom. The van der Waals surface area contributed by atoms with Gasteiger partial charge in [0.25, 0.3) is 5.69 Å². The number of non-ortho nitro benzene ring substituents is 1. The molecule has 0 aliphatic carbocycles. The van der Waals surface area contributed by atoms with Gasteiger partial charge in [0, 0.05) is 24.1 Å². The molecule has 0 heterocycles. The van der Waals surface area contributed by atoms with Gasteiger partial charge in [-0.25, -0.2) is 17.9 Å². The predicted octanol–water partition coefficient (Wildman–Crippen LogP) is 3.42. The molecule has 0 atom stereocenters. The second-order valence-electron chi connectivity index (χ2n) is 6.32. The number of nitro groups is 1. The normalized spacial score (nSPS) is 12.0. The summed E-state index contributed by atoms with van der Waals surface area (Å²) in [6.07, 6.45) is 0. The van der Waals surface area contributed by atoms with Crippen LogP contribution in [0.4, 0.5) is 15.8 Å². The van der Waals surface area contributed by atoms with Gasteiger partial charge in [0.2, 0.25) is 10.0 Å². The molecule has 26 heavy (non-hydrogen) atoms. The molecular formula is C16H17ClFN3O4S. The van der Waals surface area contributed by atoms with Crippen LogP contribution >= 0.6 is 11.6 Å². The minimum atomic E-state index is -4.20. The summed E-state index contributed by atoms with van der Waals surface area (Å²) in [6, 6.07) is 7.92. The number of sulfonamides is 1. The van der Waals surface area contributed by atoms with Gasteiger partial charge in [-0.15, -0.1) is 0 Å². The lowest BCUT2D eigenvalue weighted by Crippen LogP contribution is -2.29. The van der Waals surface area contributed by atoms with Crippen LogP contribution in [0.2, 0.25) is 5.02 Å². The predicted molar refractivity (Wildman–Crippen MR) is 97.4 cm³/mol. The number of nitrogens with one attached hydrogen (secondary N) is 1. The molecule has 0 amide bonds. The molecule has 7 nitrogen and oxygen atoms in total. The topological polar surface area (TPSA) is 115 Å². The maximum absolute atomic E-state index is 14.3. The highest BCUT2D eigenvalue weighted by Crippen LogP contribution is 2.31. The van der Waals surface area contributed by atoms with E-state index in [1.165, 1.54) is 12.1 Å². The molecular weight excluding hydrogens is 385 g/mol. The Labute approximate surface area is 155 Å². The lowest BCUT2D eigenvalue weighted by molar-refractivity contribution is -0.385. The minimum Gasteiger partial charge on any atom is -0.383 e. The molecule has 0 fully saturated rings. The van der Waals surface area contributed by atoms with Crippen molar-refractivity contribution < 1.29 is 17.7 Å². The van der Waals surface area contributed by atoms with Crippen molar-refractivity contribution in [3.63, 3.8) is 0 Å². The lowest BCUT2D eigenvalue weighted by atomic mass is 9.84. The van der Waals surface area contributed by atoms with Crippen molar-refractivity contribution in [3.8, 4) is 0 Å². The Morgan fingerprint density at radius 3 is 2.54 bits per heavy atom. The summed E-state index contributed by atoms with van der Waals surface area (Å²) >= 11 is 5.81. The molecule has 0 radical (unpaired) electrons. The van der Waals surface area contributed by atoms with Gasteiger partial charge in [0.15, 0.2) is 0 Å². The van der Waals surface area contributed by atoms with E-state index >= 15 is 0 Å². The fourth-order valence-corrected chi connectivity index (χ4v) is 3.35. The molecule has 2 aromatic carbocycles. The molecule has 0 aliphatic rings. The van der Waals surface area contributed by atoms with E-state index in [-0.39, 0.29) is 17.3 Å². The molecule has 0 aliphatic heterocycles. The number of benzene rings is 2. The number of rotatable bonds is 6. The number of hydrogen-bond donors (Lipinski definition) is 2. The van der Waals surface area contributed by atoms with E-state index in [0.29, 0.717) is 5.56 Å². The molecule has 140 valence electrons. The third-order valence-electron chi connectivity index (χ3n) is 3.88. The monoisotopic (exact) mass is 401 g/mol. The summed E-state index contributed by atoms with van der Waals surface area (Å²) < 4.78 is 37.8. The Kier molecular flexibility index (Phi) is 5.55. The van der Waals surface area contributed by atoms with Crippen LogP contribution in [-0.4, -0.2) is 19.9 Å². The summed E-state index contributed by atoms with van der Waals surface area (Å²) in [5.74, 6) is -0.559. The summed E-state index contributed by atoms with van der Waals surface area (Å²) in [7, 11) is -4.20. The first kappa shape index (κ1) is 20.1. The van der Waals surface area contributed by atoms with Crippen molar-refractivity contribution >= 4 is 33.0 Å². The second kappa shape index (κ2) is 7.18. The van der Waals surface area contributed by atoms with Gasteiger partial charge in [-0.2, -0.15) is 0 Å². The largest absolute Gasteiger partial charge is 0.383 e. The van der Waals surface area contributed by atoms with Gasteiger partial charge in [-0.05, 0) is 17.7 Å². The SMILES string of the molecule is CC(C)(CNc1ccc([N+](=O)[O-])cc1S(N)(=O)=O)c1cccc(Cl)c1F. The van der Waals surface area contributed by atoms with Crippen molar-refractivity contribution in [2.24, 2.45) is 5.14 Å². The van der Waals surface area contributed by atoms with Crippen molar-refractivity contribution in [1.82, 2.24) is 0 Å². The van der Waals surface area contributed by atoms with Crippen LogP contribution in [0.5, 0.6) is 0 Å². The highest BCUT2D eigenvalue weighted by molar-refractivity contribution is 7.89. The summed E-state index contributed by atoms with van der Waals surface area (Å²) in [5, 5.41) is 18.9. The van der Waals surface area contributed by atoms with E-state index in [9.17, 15) is 22.9 Å². The zero-order valence-corrected chi connectivity index (χ0v) is 15.6. The Balaban J connectivity index is 2.37. The third kappa shape index (κ3) is 4.29. The van der Waals surface area contributed by atoms with Gasteiger partial charge in [-0.3, -0.25) is 10.1 Å². The number of halogens is 2. The van der Waals surface area contributed by atoms with Crippen LogP contribution in [0.3, 0.4) is 0 Å². The van der Waals surface area contributed by atoms with E-state index in [1.54, 1.807) is 26.0 Å². The maximum Gasteiger partial charge on any atom is 0.270 e. The van der Waals surface area contributed by atoms with Crippen molar-refractivity contribution in [2.75, 3.05) is 11.9 Å². The molecule has 0 saturated carbocycles. The van der Waals surface area contributed by atoms with Crippen LogP contribution < -0.4 is 10.5 Å². The molecule has 0 saturated heterocycles. The number of nitrogens with zero attached hydrogens (tertiary/aromatic N) is 1. The average Bonchev–Trinajstić information content (AvgIpc) is 2.54. The Hall–Kier alpha value is -2.23. The smallest absolute Gasteiger partial charge is 0.270 e. The fraction of sp³-hybridized carbons (Fsp3) is 0.250. The molecule has 3 N–H and O–H groups in total. The van der Waals surface area contributed by atoms with E-state index < -0.39 is 36.8 Å². The van der Waals surface area contributed by atoms with Crippen LogP contribution in [0.1, 0.15) is 19.4 Å². The van der Waals surface area contributed by atoms with Gasteiger partial charge in [0.05, 0.1) is 15.6 Å². The van der Waals surface area contributed by atoms with Crippen LogP contribution in [0, 0.1) is 15.9 Å². The molecule has 2 rings (SSSR count). The zero-order chi connectivity index (χ0) is 19.7. The maximum atomic E-state index is 14.3. The fourth-order valence-electron chi connectivity index (χ4n) is 2.44. The highest BCUT2D eigenvalue weighted by Gasteiger charge is 2.27. The summed E-state index contributed by atoms with van der Waals surface area (Å²) in [5.41, 5.74) is -0.725. The van der Waals surface area contributed by atoms with E-state index in [4.69, 9.17) is 16.7 Å². The number of anilines is 1. The first-order valence-electron chi connectivity index (χ1n) is 7.43. The molecule has 2 aromatic rings. The number of nitrogens with two attached hydrogens (primary N) is 1. The third-order valence-corrected chi connectivity index (χ3v) is 5.13. The van der Waals surface area contributed by atoms with Crippen LogP contribution in [0.25, 0.3) is 0 Å². The lowest BCUT2D eigenvalue weighted by Gasteiger charge is -2.27. The number of primary sulfonamides is 1. The molecule has 0 spiro atoms. The van der Waals surface area contributed by atoms with E-state index in [2.05, 4.69) is 5.32 Å². The van der Waals surface area contributed by atoms with Gasteiger partial charge < -0.3 is 5.32 Å². The first-order chi connectivity index (χ1) is 11.9. The summed E-state index contributed by atoms with van der Waals surface area (Å²) in [6.45, 7) is 3.62. The van der Waals surface area contributed by atoms with Crippen molar-refractivity contribution in [1.29, 1.82) is 0 Å². The summed E-state index contributed by atoms with van der Waals surface area (Å²) in [4.78, 5) is 9.73. The van der Waals surface area contributed by atoms with Crippen molar-refractivity contribution in [2.45, 2.75) is 24.2 Å². The second-order valence-corrected chi connectivity index (χ2v) is 8.26. The van der Waals surface area contributed by atoms with E-state index in [0.717, 1.165) is 12.1 Å². The minimum absolute atomic E-state index is 0.0175.